The van der Waals surface area contributed by atoms with Crippen LogP contribution in [0.25, 0.3) is 22.3 Å². The summed E-state index contributed by atoms with van der Waals surface area (Å²) in [5.41, 5.74) is 1.32. The average Bonchev–Trinajstić information content (AvgIpc) is 3.35. The summed E-state index contributed by atoms with van der Waals surface area (Å²) in [6, 6.07) is 8.79. The van der Waals surface area contributed by atoms with Crippen LogP contribution < -0.4 is 9.64 Å². The molecule has 3 aliphatic rings. The molecule has 3 atom stereocenters. The van der Waals surface area contributed by atoms with Crippen LogP contribution in [0.5, 0.6) is 5.75 Å². The standard InChI is InChI=1S/C35H30F6N4O6/c1-17-10-20(31(47)48)4-6-24(17)19-5-7-28(50-3)25(13-19)26-15-42-32(44-9-8-29(44)46)43-27(26)16-45-18(2)30(51-33(45)49)21-11-22(34(36,37)38)14-23(12-21)35(39,40)41/h4-7,10-13,15,18,22,30H,8-9,14,16H2,1-3H3,(H,47,48). The Kier molecular flexibility index (Phi) is 9.06. The molecule has 2 fully saturated rings. The minimum atomic E-state index is -5.03. The second kappa shape index (κ2) is 13.0. The zero-order chi connectivity index (χ0) is 37.0. The highest BCUT2D eigenvalue weighted by atomic mass is 19.4. The molecule has 3 unspecified atom stereocenters. The lowest BCUT2D eigenvalue weighted by atomic mass is 9.86. The highest BCUT2D eigenvalue weighted by molar-refractivity contribution is 5.98. The number of alkyl halides is 6. The summed E-state index contributed by atoms with van der Waals surface area (Å²) in [4.78, 5) is 48.6. The van der Waals surface area contributed by atoms with E-state index < -0.39 is 60.0 Å². The number of methoxy groups -OCH3 is 1. The monoisotopic (exact) mass is 716 g/mol. The number of anilines is 1. The molecule has 10 nitrogen and oxygen atoms in total. The first kappa shape index (κ1) is 35.4. The number of aromatic carboxylic acids is 1. The molecule has 0 bridgehead atoms. The van der Waals surface area contributed by atoms with Crippen LogP contribution in [-0.4, -0.2) is 76.1 Å². The summed E-state index contributed by atoms with van der Waals surface area (Å²) in [7, 11) is 1.43. The van der Waals surface area contributed by atoms with Crippen molar-refractivity contribution in [2.24, 2.45) is 5.92 Å². The van der Waals surface area contributed by atoms with Crippen LogP contribution in [0.3, 0.4) is 0 Å². The van der Waals surface area contributed by atoms with E-state index in [1.807, 2.05) is 0 Å². The molecule has 51 heavy (non-hydrogen) atoms. The maximum Gasteiger partial charge on any atom is 0.412 e. The molecule has 2 amide bonds. The third-order valence-electron chi connectivity index (χ3n) is 9.22. The average molecular weight is 717 g/mol. The molecular formula is C35H30F6N4O6. The number of carboxylic acid groups (broad SMARTS) is 1. The van der Waals surface area contributed by atoms with E-state index in [2.05, 4.69) is 9.97 Å². The predicted octanol–water partition coefficient (Wildman–Crippen LogP) is 7.27. The number of β-lactam (4-membered cyclic amide) rings is 1. The Morgan fingerprint density at radius 2 is 1.80 bits per heavy atom. The molecular weight excluding hydrogens is 686 g/mol. The van der Waals surface area contributed by atoms with Gasteiger partial charge in [-0.3, -0.25) is 14.6 Å². The van der Waals surface area contributed by atoms with Crippen molar-refractivity contribution in [1.29, 1.82) is 0 Å². The number of hydrogen-bond acceptors (Lipinski definition) is 7. The van der Waals surface area contributed by atoms with E-state index in [9.17, 15) is 45.8 Å². The molecule has 16 heteroatoms. The third kappa shape index (κ3) is 6.86. The van der Waals surface area contributed by atoms with Crippen LogP contribution in [-0.2, 0) is 16.1 Å². The Balaban J connectivity index is 1.40. The summed E-state index contributed by atoms with van der Waals surface area (Å²) < 4.78 is 93.2. The lowest BCUT2D eigenvalue weighted by Crippen LogP contribution is -2.44. The lowest BCUT2D eigenvalue weighted by molar-refractivity contribution is -0.166. The number of allylic oxidation sites excluding steroid dienone is 2. The summed E-state index contributed by atoms with van der Waals surface area (Å²) in [6.45, 7) is 3.21. The number of halogens is 6. The van der Waals surface area contributed by atoms with Gasteiger partial charge in [-0.05, 0) is 72.9 Å². The second-order valence-electron chi connectivity index (χ2n) is 12.4. The van der Waals surface area contributed by atoms with Gasteiger partial charge in [-0.2, -0.15) is 26.3 Å². The highest BCUT2D eigenvalue weighted by Crippen LogP contribution is 2.44. The van der Waals surface area contributed by atoms with Gasteiger partial charge in [0.2, 0.25) is 11.9 Å². The normalized spacial score (nSPS) is 20.8. The first-order valence-electron chi connectivity index (χ1n) is 15.7. The number of nitrogens with zero attached hydrogens (tertiary/aromatic N) is 4. The number of rotatable bonds is 8. The van der Waals surface area contributed by atoms with Gasteiger partial charge < -0.3 is 14.6 Å². The quantitative estimate of drug-likeness (QED) is 0.191. The fourth-order valence-corrected chi connectivity index (χ4v) is 6.36. The van der Waals surface area contributed by atoms with Crippen LogP contribution in [0.1, 0.15) is 41.4 Å². The minimum Gasteiger partial charge on any atom is -0.496 e. The predicted molar refractivity (Wildman–Crippen MR) is 170 cm³/mol. The van der Waals surface area contributed by atoms with Crippen molar-refractivity contribution in [3.05, 3.63) is 82.7 Å². The van der Waals surface area contributed by atoms with Crippen molar-refractivity contribution >= 4 is 23.9 Å². The highest BCUT2D eigenvalue weighted by Gasteiger charge is 2.49. The maximum atomic E-state index is 13.7. The molecule has 3 aromatic rings. The Hall–Kier alpha value is -5.41. The van der Waals surface area contributed by atoms with Gasteiger partial charge in [-0.15, -0.1) is 0 Å². The first-order chi connectivity index (χ1) is 24.0. The molecule has 0 spiro atoms. The minimum absolute atomic E-state index is 0.0396. The Labute approximate surface area is 287 Å². The maximum absolute atomic E-state index is 13.7. The van der Waals surface area contributed by atoms with E-state index in [1.165, 1.54) is 37.3 Å². The number of ether oxygens (including phenoxy) is 2. The molecule has 3 heterocycles. The largest absolute Gasteiger partial charge is 0.496 e. The Bertz CT molecular complexity index is 1990. The van der Waals surface area contributed by atoms with Crippen LogP contribution in [0, 0.1) is 12.8 Å². The molecule has 0 radical (unpaired) electrons. The number of amides is 2. The number of hydrogen-bond donors (Lipinski definition) is 1. The van der Waals surface area contributed by atoms with Crippen molar-refractivity contribution in [3.63, 3.8) is 0 Å². The lowest BCUT2D eigenvalue weighted by Gasteiger charge is -2.30. The Morgan fingerprint density at radius 3 is 2.39 bits per heavy atom. The molecule has 2 saturated heterocycles. The molecule has 268 valence electrons. The van der Waals surface area contributed by atoms with E-state index in [0.29, 0.717) is 52.3 Å². The number of aryl methyl sites for hydroxylation is 1. The zero-order valence-corrected chi connectivity index (χ0v) is 27.3. The SMILES string of the molecule is COc1ccc(-c2ccc(C(=O)O)cc2C)cc1-c1cnc(N2CCC2=O)nc1CN1C(=O)OC(C2=CC(C(F)(F)F)CC(C(F)(F)F)=C2)C1C. The van der Waals surface area contributed by atoms with Crippen LogP contribution >= 0.6 is 0 Å². The zero-order valence-electron chi connectivity index (χ0n) is 27.3. The third-order valence-corrected chi connectivity index (χ3v) is 9.22. The smallest absolute Gasteiger partial charge is 0.412 e. The molecule has 1 N–H and O–H groups in total. The van der Waals surface area contributed by atoms with Gasteiger partial charge >= 0.3 is 24.4 Å². The summed E-state index contributed by atoms with van der Waals surface area (Å²) in [5, 5.41) is 9.41. The van der Waals surface area contributed by atoms with Crippen LogP contribution in [0.2, 0.25) is 0 Å². The van der Waals surface area contributed by atoms with Gasteiger partial charge in [0.25, 0.3) is 0 Å². The van der Waals surface area contributed by atoms with Crippen LogP contribution in [0.4, 0.5) is 37.1 Å². The van der Waals surface area contributed by atoms with Gasteiger partial charge in [0.1, 0.15) is 11.9 Å². The molecule has 6 rings (SSSR count). The van der Waals surface area contributed by atoms with Gasteiger partial charge in [-0.1, -0.05) is 18.2 Å². The number of carbonyl (C=O) groups is 3. The van der Waals surface area contributed by atoms with Crippen molar-refractivity contribution in [3.8, 4) is 28.0 Å². The molecule has 0 saturated carbocycles. The number of carboxylic acids is 1. The van der Waals surface area contributed by atoms with Gasteiger partial charge in [-0.25, -0.2) is 19.6 Å². The fraction of sp³-hybridized carbons (Fsp3) is 0.343. The summed E-state index contributed by atoms with van der Waals surface area (Å²) >= 11 is 0. The second-order valence-corrected chi connectivity index (χ2v) is 12.4. The molecule has 2 aromatic carbocycles. The van der Waals surface area contributed by atoms with E-state index >= 15 is 0 Å². The molecule has 1 aromatic heterocycles. The van der Waals surface area contributed by atoms with Crippen LogP contribution in [0.15, 0.2) is 65.9 Å². The molecule has 1 aliphatic carbocycles. The van der Waals surface area contributed by atoms with Gasteiger partial charge in [0.05, 0.1) is 36.9 Å². The topological polar surface area (TPSA) is 122 Å². The summed E-state index contributed by atoms with van der Waals surface area (Å²) in [5.74, 6) is -3.35. The van der Waals surface area contributed by atoms with Gasteiger partial charge in [0, 0.05) is 35.9 Å². The van der Waals surface area contributed by atoms with E-state index in [1.54, 1.807) is 31.2 Å². The van der Waals surface area contributed by atoms with E-state index in [4.69, 9.17) is 9.47 Å². The van der Waals surface area contributed by atoms with Crippen molar-refractivity contribution in [2.45, 2.75) is 57.7 Å². The van der Waals surface area contributed by atoms with Crippen molar-refractivity contribution in [1.82, 2.24) is 14.9 Å². The number of benzene rings is 2. The Morgan fingerprint density at radius 1 is 1.06 bits per heavy atom. The molecule has 2 aliphatic heterocycles. The van der Waals surface area contributed by atoms with Crippen molar-refractivity contribution < 1.29 is 55.3 Å². The number of cyclic esters (lactones) is 1. The number of aromatic nitrogens is 2. The van der Waals surface area contributed by atoms with Crippen molar-refractivity contribution in [2.75, 3.05) is 18.6 Å². The first-order valence-corrected chi connectivity index (χ1v) is 15.7. The number of carbonyl (C=O) groups excluding carboxylic acids is 2. The van der Waals surface area contributed by atoms with Gasteiger partial charge in [0.15, 0.2) is 0 Å². The summed E-state index contributed by atoms with van der Waals surface area (Å²) in [6.07, 6.45) is -10.8. The fourth-order valence-electron chi connectivity index (χ4n) is 6.36. The van der Waals surface area contributed by atoms with E-state index in [-0.39, 0.29) is 36.1 Å². The van der Waals surface area contributed by atoms with E-state index in [0.717, 1.165) is 4.90 Å².